The Morgan fingerprint density at radius 3 is 2.64 bits per heavy atom. The number of aromatic nitrogens is 2. The lowest BCUT2D eigenvalue weighted by Gasteiger charge is -2.22. The molecule has 1 fully saturated rings. The summed E-state index contributed by atoms with van der Waals surface area (Å²) in [6.07, 6.45) is 8.97. The van der Waals surface area contributed by atoms with Crippen molar-refractivity contribution in [1.82, 2.24) is 15.1 Å². The highest BCUT2D eigenvalue weighted by atomic mass is 16.2. The Hall–Kier alpha value is -2.10. The number of carbonyl (C=O) groups excluding carboxylic acids is 1. The fourth-order valence-corrected chi connectivity index (χ4v) is 3.15. The van der Waals surface area contributed by atoms with Crippen molar-refractivity contribution >= 4 is 5.91 Å². The monoisotopic (exact) mass is 297 g/mol. The van der Waals surface area contributed by atoms with Gasteiger partial charge in [0.1, 0.15) is 0 Å². The molecule has 0 spiro atoms. The van der Waals surface area contributed by atoms with Gasteiger partial charge in [-0.3, -0.25) is 4.79 Å². The van der Waals surface area contributed by atoms with Crippen molar-refractivity contribution in [2.24, 2.45) is 5.41 Å². The number of benzene rings is 1. The Morgan fingerprint density at radius 1 is 1.27 bits per heavy atom. The molecule has 0 aliphatic heterocycles. The first kappa shape index (κ1) is 14.8. The molecule has 1 aromatic heterocycles. The molecule has 1 aliphatic carbocycles. The number of nitrogens with zero attached hydrogens (tertiary/aromatic N) is 2. The predicted octanol–water partition coefficient (Wildman–Crippen LogP) is 3.11. The van der Waals surface area contributed by atoms with E-state index in [2.05, 4.69) is 41.6 Å². The Balaban J connectivity index is 1.50. The highest BCUT2D eigenvalue weighted by Crippen LogP contribution is 2.37. The summed E-state index contributed by atoms with van der Waals surface area (Å²) in [7, 11) is 0. The molecule has 1 heterocycles. The summed E-state index contributed by atoms with van der Waals surface area (Å²) in [5.74, 6) is 0.221. The van der Waals surface area contributed by atoms with E-state index in [0.29, 0.717) is 6.54 Å². The molecule has 1 aromatic carbocycles. The Labute approximate surface area is 131 Å². The number of nitrogens with one attached hydrogen (secondary N) is 1. The maximum absolute atomic E-state index is 12.2. The van der Waals surface area contributed by atoms with E-state index in [1.165, 1.54) is 18.4 Å². The van der Waals surface area contributed by atoms with Crippen LogP contribution in [0.15, 0.2) is 42.7 Å². The van der Waals surface area contributed by atoms with Gasteiger partial charge >= 0.3 is 0 Å². The SMILES string of the molecule is CC1(C(=O)NCCc2ccc(-n3cccn3)cc2)CCCC1. The third-order valence-corrected chi connectivity index (χ3v) is 4.66. The van der Waals surface area contributed by atoms with Gasteiger partial charge in [0.25, 0.3) is 0 Å². The van der Waals surface area contributed by atoms with Gasteiger partial charge in [-0.2, -0.15) is 5.10 Å². The zero-order chi connectivity index (χ0) is 15.4. The summed E-state index contributed by atoms with van der Waals surface area (Å²) >= 11 is 0. The normalized spacial score (nSPS) is 16.6. The topological polar surface area (TPSA) is 46.9 Å². The largest absolute Gasteiger partial charge is 0.355 e. The van der Waals surface area contributed by atoms with Gasteiger partial charge < -0.3 is 5.32 Å². The van der Waals surface area contributed by atoms with Gasteiger partial charge in [-0.1, -0.05) is 31.9 Å². The number of hydrogen-bond donors (Lipinski definition) is 1. The highest BCUT2D eigenvalue weighted by Gasteiger charge is 2.35. The summed E-state index contributed by atoms with van der Waals surface area (Å²) in [6, 6.07) is 10.2. The fraction of sp³-hybridized carbons (Fsp3) is 0.444. The number of amides is 1. The van der Waals surface area contributed by atoms with E-state index in [4.69, 9.17) is 0 Å². The van der Waals surface area contributed by atoms with Crippen LogP contribution in [0.1, 0.15) is 38.2 Å². The zero-order valence-corrected chi connectivity index (χ0v) is 13.1. The van der Waals surface area contributed by atoms with Crippen molar-refractivity contribution in [3.05, 3.63) is 48.3 Å². The van der Waals surface area contributed by atoms with Crippen LogP contribution in [0.5, 0.6) is 0 Å². The summed E-state index contributed by atoms with van der Waals surface area (Å²) < 4.78 is 1.84. The van der Waals surface area contributed by atoms with Crippen LogP contribution in [0.2, 0.25) is 0 Å². The molecule has 1 saturated carbocycles. The van der Waals surface area contributed by atoms with Crippen molar-refractivity contribution in [3.63, 3.8) is 0 Å². The summed E-state index contributed by atoms with van der Waals surface area (Å²) in [5.41, 5.74) is 2.15. The highest BCUT2D eigenvalue weighted by molar-refractivity contribution is 5.82. The molecule has 0 bridgehead atoms. The lowest BCUT2D eigenvalue weighted by atomic mass is 9.88. The maximum Gasteiger partial charge on any atom is 0.225 e. The zero-order valence-electron chi connectivity index (χ0n) is 13.1. The summed E-state index contributed by atoms with van der Waals surface area (Å²) in [5, 5.41) is 7.31. The number of rotatable bonds is 5. The Bertz CT molecular complexity index is 610. The van der Waals surface area contributed by atoms with Crippen LogP contribution in [0.25, 0.3) is 5.69 Å². The summed E-state index contributed by atoms with van der Waals surface area (Å²) in [6.45, 7) is 2.80. The molecule has 4 heteroatoms. The van der Waals surface area contributed by atoms with Crippen molar-refractivity contribution < 1.29 is 4.79 Å². The van der Waals surface area contributed by atoms with Crippen LogP contribution in [0.3, 0.4) is 0 Å². The molecule has 116 valence electrons. The van der Waals surface area contributed by atoms with Crippen molar-refractivity contribution in [3.8, 4) is 5.69 Å². The molecule has 4 nitrogen and oxygen atoms in total. The molecule has 0 radical (unpaired) electrons. The maximum atomic E-state index is 12.2. The second-order valence-corrected chi connectivity index (χ2v) is 6.39. The molecule has 0 atom stereocenters. The molecule has 2 aromatic rings. The smallest absolute Gasteiger partial charge is 0.225 e. The lowest BCUT2D eigenvalue weighted by Crippen LogP contribution is -2.38. The van der Waals surface area contributed by atoms with Gasteiger partial charge in [-0.05, 0) is 43.0 Å². The molecular formula is C18H23N3O. The standard InChI is InChI=1S/C18H23N3O/c1-18(10-2-3-11-18)17(22)19-13-9-15-5-7-16(8-6-15)21-14-4-12-20-21/h4-8,12,14H,2-3,9-11,13H2,1H3,(H,19,22). The summed E-state index contributed by atoms with van der Waals surface area (Å²) in [4.78, 5) is 12.2. The molecule has 0 unspecified atom stereocenters. The van der Waals surface area contributed by atoms with Crippen LogP contribution >= 0.6 is 0 Å². The van der Waals surface area contributed by atoms with E-state index < -0.39 is 0 Å². The van der Waals surface area contributed by atoms with Crippen LogP contribution < -0.4 is 5.32 Å². The van der Waals surface area contributed by atoms with Crippen molar-refractivity contribution in [2.45, 2.75) is 39.0 Å². The molecular weight excluding hydrogens is 274 g/mol. The van der Waals surface area contributed by atoms with E-state index in [9.17, 15) is 4.79 Å². The first-order chi connectivity index (χ1) is 10.7. The number of carbonyl (C=O) groups is 1. The van der Waals surface area contributed by atoms with E-state index in [1.54, 1.807) is 6.20 Å². The minimum absolute atomic E-state index is 0.135. The molecule has 22 heavy (non-hydrogen) atoms. The molecule has 1 amide bonds. The average molecular weight is 297 g/mol. The van der Waals surface area contributed by atoms with Crippen LogP contribution in [-0.2, 0) is 11.2 Å². The van der Waals surface area contributed by atoms with Gasteiger partial charge in [-0.15, -0.1) is 0 Å². The second kappa shape index (κ2) is 6.34. The third kappa shape index (κ3) is 3.21. The Kier molecular flexibility index (Phi) is 4.27. The van der Waals surface area contributed by atoms with E-state index in [0.717, 1.165) is 24.9 Å². The van der Waals surface area contributed by atoms with E-state index in [-0.39, 0.29) is 11.3 Å². The van der Waals surface area contributed by atoms with Crippen LogP contribution in [-0.4, -0.2) is 22.2 Å². The van der Waals surface area contributed by atoms with E-state index >= 15 is 0 Å². The molecule has 1 N–H and O–H groups in total. The van der Waals surface area contributed by atoms with Crippen LogP contribution in [0, 0.1) is 5.41 Å². The third-order valence-electron chi connectivity index (χ3n) is 4.66. The molecule has 1 aliphatic rings. The van der Waals surface area contributed by atoms with Crippen molar-refractivity contribution in [2.75, 3.05) is 6.54 Å². The van der Waals surface area contributed by atoms with Gasteiger partial charge in [0.05, 0.1) is 5.69 Å². The van der Waals surface area contributed by atoms with Gasteiger partial charge in [0, 0.05) is 24.4 Å². The van der Waals surface area contributed by atoms with Gasteiger partial charge in [0.15, 0.2) is 0 Å². The fourth-order valence-electron chi connectivity index (χ4n) is 3.15. The average Bonchev–Trinajstić information content (AvgIpc) is 3.20. The lowest BCUT2D eigenvalue weighted by molar-refractivity contribution is -0.129. The van der Waals surface area contributed by atoms with Crippen LogP contribution in [0.4, 0.5) is 0 Å². The quantitative estimate of drug-likeness (QED) is 0.921. The van der Waals surface area contributed by atoms with Crippen molar-refractivity contribution in [1.29, 1.82) is 0 Å². The minimum atomic E-state index is -0.135. The Morgan fingerprint density at radius 2 is 2.00 bits per heavy atom. The second-order valence-electron chi connectivity index (χ2n) is 6.39. The van der Waals surface area contributed by atoms with Gasteiger partial charge in [-0.25, -0.2) is 4.68 Å². The minimum Gasteiger partial charge on any atom is -0.355 e. The first-order valence-corrected chi connectivity index (χ1v) is 8.05. The molecule has 3 rings (SSSR count). The number of hydrogen-bond acceptors (Lipinski definition) is 2. The molecule has 0 saturated heterocycles. The predicted molar refractivity (Wildman–Crippen MR) is 86.9 cm³/mol. The first-order valence-electron chi connectivity index (χ1n) is 8.05. The van der Waals surface area contributed by atoms with Gasteiger partial charge in [0.2, 0.25) is 5.91 Å². The van der Waals surface area contributed by atoms with E-state index in [1.807, 2.05) is 16.9 Å².